The molecule has 1 aromatic carbocycles. The number of hydrogen-bond donors (Lipinski definition) is 0. The largest absolute Gasteiger partial charge is 0.303 e. The van der Waals surface area contributed by atoms with E-state index in [1.165, 1.54) is 32.4 Å². The summed E-state index contributed by atoms with van der Waals surface area (Å²) in [6, 6.07) is 9.06. The van der Waals surface area contributed by atoms with Crippen LogP contribution in [-0.2, 0) is 9.84 Å². The topological polar surface area (TPSA) is 37.4 Å². The average molecular weight is 350 g/mol. The summed E-state index contributed by atoms with van der Waals surface area (Å²) in [5.74, 6) is 0.837. The molecule has 1 aliphatic heterocycles. The SMILES string of the molecule is CCC1CCCN(CCCC2(S(=O)(=O)c3ccccc3)CCC2)C1. The minimum Gasteiger partial charge on any atom is -0.303 e. The van der Waals surface area contributed by atoms with E-state index in [2.05, 4.69) is 11.8 Å². The molecule has 3 nitrogen and oxygen atoms in total. The molecule has 1 saturated carbocycles. The highest BCUT2D eigenvalue weighted by molar-refractivity contribution is 7.93. The number of sulfone groups is 1. The van der Waals surface area contributed by atoms with E-state index in [0.29, 0.717) is 4.90 Å². The highest BCUT2D eigenvalue weighted by Crippen LogP contribution is 2.46. The Balaban J connectivity index is 1.60. The van der Waals surface area contributed by atoms with Gasteiger partial charge in [-0.25, -0.2) is 8.42 Å². The molecule has 1 unspecified atom stereocenters. The van der Waals surface area contributed by atoms with Crippen molar-refractivity contribution in [2.24, 2.45) is 5.92 Å². The van der Waals surface area contributed by atoms with Gasteiger partial charge in [-0.1, -0.05) is 38.0 Å². The number of piperidine rings is 1. The van der Waals surface area contributed by atoms with Crippen LogP contribution < -0.4 is 0 Å². The summed E-state index contributed by atoms with van der Waals surface area (Å²) in [4.78, 5) is 3.06. The van der Waals surface area contributed by atoms with Crippen molar-refractivity contribution in [3.05, 3.63) is 30.3 Å². The van der Waals surface area contributed by atoms with Gasteiger partial charge in [-0.2, -0.15) is 0 Å². The van der Waals surface area contributed by atoms with Gasteiger partial charge in [-0.05, 0) is 69.7 Å². The molecule has 4 heteroatoms. The Morgan fingerprint density at radius 2 is 1.92 bits per heavy atom. The summed E-state index contributed by atoms with van der Waals surface area (Å²) < 4.78 is 25.7. The molecule has 134 valence electrons. The third-order valence-electron chi connectivity index (χ3n) is 6.18. The van der Waals surface area contributed by atoms with Gasteiger partial charge in [0.15, 0.2) is 9.84 Å². The molecule has 0 aromatic heterocycles. The number of hydrogen-bond acceptors (Lipinski definition) is 3. The van der Waals surface area contributed by atoms with Crippen LogP contribution in [0.5, 0.6) is 0 Å². The predicted molar refractivity (Wildman–Crippen MR) is 98.9 cm³/mol. The summed E-state index contributed by atoms with van der Waals surface area (Å²) >= 11 is 0. The molecule has 1 aromatic rings. The smallest absolute Gasteiger partial charge is 0.184 e. The Labute approximate surface area is 147 Å². The molecule has 1 aliphatic carbocycles. The van der Waals surface area contributed by atoms with Crippen molar-refractivity contribution in [3.63, 3.8) is 0 Å². The van der Waals surface area contributed by atoms with Gasteiger partial charge in [0.1, 0.15) is 0 Å². The third-order valence-corrected chi connectivity index (χ3v) is 8.82. The second-order valence-electron chi connectivity index (χ2n) is 7.67. The van der Waals surface area contributed by atoms with Crippen molar-refractivity contribution in [1.82, 2.24) is 4.90 Å². The van der Waals surface area contributed by atoms with E-state index >= 15 is 0 Å². The minimum atomic E-state index is -3.20. The molecule has 2 fully saturated rings. The zero-order valence-electron chi connectivity index (χ0n) is 14.9. The lowest BCUT2D eigenvalue weighted by Gasteiger charge is -2.42. The average Bonchev–Trinajstić information content (AvgIpc) is 2.58. The molecule has 0 N–H and O–H groups in total. The predicted octanol–water partition coefficient (Wildman–Crippen LogP) is 4.29. The standard InChI is InChI=1S/C20H31NO2S/c1-2-18-9-6-15-21(17-18)16-8-14-20(12-7-13-20)24(22,23)19-10-4-3-5-11-19/h3-5,10-11,18H,2,6-9,12-17H2,1H3. The summed E-state index contributed by atoms with van der Waals surface area (Å²) in [7, 11) is -3.20. The zero-order chi connectivity index (χ0) is 17.0. The van der Waals surface area contributed by atoms with E-state index in [9.17, 15) is 8.42 Å². The molecular formula is C20H31NO2S. The lowest BCUT2D eigenvalue weighted by atomic mass is 9.80. The van der Waals surface area contributed by atoms with Crippen LogP contribution in [0.4, 0.5) is 0 Å². The van der Waals surface area contributed by atoms with Crippen molar-refractivity contribution in [2.75, 3.05) is 19.6 Å². The Kier molecular flexibility index (Phi) is 5.66. The fourth-order valence-electron chi connectivity index (χ4n) is 4.39. The number of nitrogens with zero attached hydrogens (tertiary/aromatic N) is 1. The van der Waals surface area contributed by atoms with Gasteiger partial charge in [0, 0.05) is 6.54 Å². The van der Waals surface area contributed by atoms with Gasteiger partial charge < -0.3 is 4.90 Å². The van der Waals surface area contributed by atoms with Gasteiger partial charge in [0.25, 0.3) is 0 Å². The van der Waals surface area contributed by atoms with Crippen LogP contribution in [0.2, 0.25) is 0 Å². The second kappa shape index (κ2) is 7.57. The van der Waals surface area contributed by atoms with Crippen molar-refractivity contribution in [2.45, 2.75) is 67.9 Å². The molecule has 0 radical (unpaired) electrons. The number of rotatable bonds is 7. The van der Waals surface area contributed by atoms with Gasteiger partial charge in [0.05, 0.1) is 9.64 Å². The van der Waals surface area contributed by atoms with Gasteiger partial charge in [0.2, 0.25) is 0 Å². The summed E-state index contributed by atoms with van der Waals surface area (Å²) in [6.07, 6.45) is 8.46. The van der Waals surface area contributed by atoms with Crippen LogP contribution in [0.25, 0.3) is 0 Å². The maximum absolute atomic E-state index is 13.1. The second-order valence-corrected chi connectivity index (χ2v) is 10.0. The molecule has 0 amide bonds. The third kappa shape index (κ3) is 3.55. The fraction of sp³-hybridized carbons (Fsp3) is 0.700. The number of likely N-dealkylation sites (tertiary alicyclic amines) is 1. The van der Waals surface area contributed by atoms with Crippen LogP contribution in [0.3, 0.4) is 0 Å². The first-order chi connectivity index (χ1) is 11.6. The minimum absolute atomic E-state index is 0.492. The van der Waals surface area contributed by atoms with E-state index in [1.54, 1.807) is 12.1 Å². The van der Waals surface area contributed by atoms with Crippen molar-refractivity contribution < 1.29 is 8.42 Å². The Bertz CT molecular complexity index is 622. The first-order valence-electron chi connectivity index (χ1n) is 9.59. The van der Waals surface area contributed by atoms with Crippen LogP contribution in [0.1, 0.15) is 58.3 Å². The molecule has 2 aliphatic rings. The Morgan fingerprint density at radius 3 is 2.54 bits per heavy atom. The quantitative estimate of drug-likeness (QED) is 0.737. The van der Waals surface area contributed by atoms with Gasteiger partial charge >= 0.3 is 0 Å². The lowest BCUT2D eigenvalue weighted by Crippen LogP contribution is -2.46. The van der Waals surface area contributed by atoms with Gasteiger partial charge in [-0.15, -0.1) is 0 Å². The first-order valence-corrected chi connectivity index (χ1v) is 11.1. The number of benzene rings is 1. The van der Waals surface area contributed by atoms with E-state index in [-0.39, 0.29) is 0 Å². The maximum Gasteiger partial charge on any atom is 0.184 e. The highest BCUT2D eigenvalue weighted by Gasteiger charge is 2.48. The van der Waals surface area contributed by atoms with E-state index in [1.807, 2.05) is 18.2 Å². The van der Waals surface area contributed by atoms with E-state index < -0.39 is 14.6 Å². The highest BCUT2D eigenvalue weighted by atomic mass is 32.2. The summed E-state index contributed by atoms with van der Waals surface area (Å²) in [6.45, 7) is 5.73. The monoisotopic (exact) mass is 349 g/mol. The zero-order valence-corrected chi connectivity index (χ0v) is 15.7. The van der Waals surface area contributed by atoms with Crippen LogP contribution in [0, 0.1) is 5.92 Å². The fourth-order valence-corrected chi connectivity index (χ4v) is 6.64. The van der Waals surface area contributed by atoms with Crippen molar-refractivity contribution in [3.8, 4) is 0 Å². The Hall–Kier alpha value is -0.870. The van der Waals surface area contributed by atoms with Crippen molar-refractivity contribution in [1.29, 1.82) is 0 Å². The molecule has 1 saturated heterocycles. The normalized spacial score (nSPS) is 24.5. The van der Waals surface area contributed by atoms with E-state index in [0.717, 1.165) is 44.6 Å². The Morgan fingerprint density at radius 1 is 1.17 bits per heavy atom. The molecule has 3 rings (SSSR count). The molecular weight excluding hydrogens is 318 g/mol. The summed E-state index contributed by atoms with van der Waals surface area (Å²) in [5, 5.41) is 0. The van der Waals surface area contributed by atoms with Crippen LogP contribution in [0.15, 0.2) is 35.2 Å². The van der Waals surface area contributed by atoms with Crippen molar-refractivity contribution >= 4 is 9.84 Å². The first kappa shape index (κ1) is 17.9. The lowest BCUT2D eigenvalue weighted by molar-refractivity contribution is 0.164. The molecule has 0 spiro atoms. The summed E-state index contributed by atoms with van der Waals surface area (Å²) in [5.41, 5.74) is 0. The molecule has 24 heavy (non-hydrogen) atoms. The molecule has 0 bridgehead atoms. The van der Waals surface area contributed by atoms with E-state index in [4.69, 9.17) is 0 Å². The van der Waals surface area contributed by atoms with Gasteiger partial charge in [-0.3, -0.25) is 0 Å². The van der Waals surface area contributed by atoms with Crippen LogP contribution >= 0.6 is 0 Å². The molecule has 1 heterocycles. The van der Waals surface area contributed by atoms with Crippen LogP contribution in [-0.4, -0.2) is 37.7 Å². The molecule has 1 atom stereocenters. The maximum atomic E-state index is 13.1.